The molecule has 5 heteroatoms. The van der Waals surface area contributed by atoms with Gasteiger partial charge in [-0.1, -0.05) is 24.3 Å². The Hall–Kier alpha value is -2.01. The van der Waals surface area contributed by atoms with Crippen LogP contribution in [0.3, 0.4) is 0 Å². The van der Waals surface area contributed by atoms with Crippen LogP contribution in [0, 0.1) is 0 Å². The van der Waals surface area contributed by atoms with Gasteiger partial charge in [0.25, 0.3) is 0 Å². The van der Waals surface area contributed by atoms with Gasteiger partial charge >= 0.3 is 6.03 Å². The molecule has 0 radical (unpaired) electrons. The van der Waals surface area contributed by atoms with E-state index in [0.29, 0.717) is 6.54 Å². The number of likely N-dealkylation sites (tertiary alicyclic amines) is 1. The maximum Gasteiger partial charge on any atom is 0.317 e. The van der Waals surface area contributed by atoms with Gasteiger partial charge in [0.1, 0.15) is 0 Å². The highest BCUT2D eigenvalue weighted by atomic mass is 32.1. The minimum atomic E-state index is 0.0771. The molecule has 2 aromatic rings. The predicted octanol–water partition coefficient (Wildman–Crippen LogP) is 4.12. The molecular formula is C19H25N3OS. The first-order valence-electron chi connectivity index (χ1n) is 8.60. The summed E-state index contributed by atoms with van der Waals surface area (Å²) < 4.78 is 0. The fourth-order valence-electron chi connectivity index (χ4n) is 3.21. The predicted molar refractivity (Wildman–Crippen MR) is 101 cm³/mol. The summed E-state index contributed by atoms with van der Waals surface area (Å²) in [5.41, 5.74) is 1.21. The number of para-hydroxylation sites is 1. The average Bonchev–Trinajstić information content (AvgIpc) is 3.29. The molecule has 0 aliphatic carbocycles. The van der Waals surface area contributed by atoms with E-state index in [2.05, 4.69) is 46.9 Å². The number of urea groups is 1. The first-order chi connectivity index (χ1) is 11.8. The summed E-state index contributed by atoms with van der Waals surface area (Å²) >= 11 is 1.74. The number of nitrogens with zero attached hydrogens (tertiary/aromatic N) is 2. The number of amides is 2. The van der Waals surface area contributed by atoms with E-state index in [1.165, 1.54) is 10.6 Å². The third kappa shape index (κ3) is 4.09. The van der Waals surface area contributed by atoms with Crippen LogP contribution in [0.25, 0.3) is 0 Å². The van der Waals surface area contributed by atoms with Gasteiger partial charge in [-0.3, -0.25) is 0 Å². The van der Waals surface area contributed by atoms with E-state index in [-0.39, 0.29) is 12.1 Å². The molecule has 0 saturated carbocycles. The lowest BCUT2D eigenvalue weighted by Crippen LogP contribution is -2.40. The number of carbonyl (C=O) groups excluding carboxylic acids is 1. The second-order valence-electron chi connectivity index (χ2n) is 6.21. The Morgan fingerprint density at radius 3 is 2.88 bits per heavy atom. The van der Waals surface area contributed by atoms with E-state index in [0.717, 1.165) is 32.4 Å². The van der Waals surface area contributed by atoms with Gasteiger partial charge in [-0.25, -0.2) is 4.79 Å². The average molecular weight is 343 g/mol. The zero-order valence-electron chi connectivity index (χ0n) is 14.1. The van der Waals surface area contributed by atoms with Crippen molar-refractivity contribution in [2.45, 2.75) is 25.3 Å². The van der Waals surface area contributed by atoms with Gasteiger partial charge in [-0.05, 0) is 42.8 Å². The van der Waals surface area contributed by atoms with Crippen molar-refractivity contribution in [3.05, 3.63) is 52.7 Å². The van der Waals surface area contributed by atoms with E-state index in [1.807, 2.05) is 23.1 Å². The topological polar surface area (TPSA) is 35.6 Å². The molecule has 128 valence electrons. The van der Waals surface area contributed by atoms with Crippen molar-refractivity contribution in [2.24, 2.45) is 0 Å². The smallest absolute Gasteiger partial charge is 0.317 e. The van der Waals surface area contributed by atoms with Gasteiger partial charge in [0.05, 0.1) is 6.04 Å². The number of carbonyl (C=O) groups is 1. The van der Waals surface area contributed by atoms with Crippen LogP contribution in [0.2, 0.25) is 0 Å². The van der Waals surface area contributed by atoms with Gasteiger partial charge < -0.3 is 15.1 Å². The molecule has 1 saturated heterocycles. The zero-order chi connectivity index (χ0) is 16.8. The van der Waals surface area contributed by atoms with Crippen molar-refractivity contribution in [1.82, 2.24) is 10.2 Å². The van der Waals surface area contributed by atoms with Crippen LogP contribution in [0.15, 0.2) is 47.8 Å². The number of benzene rings is 1. The maximum atomic E-state index is 12.5. The summed E-state index contributed by atoms with van der Waals surface area (Å²) in [6, 6.07) is 14.9. The van der Waals surface area contributed by atoms with Crippen LogP contribution >= 0.6 is 11.3 Å². The fraction of sp³-hybridized carbons (Fsp3) is 0.421. The van der Waals surface area contributed by atoms with Gasteiger partial charge in [0.15, 0.2) is 0 Å². The number of anilines is 1. The lowest BCUT2D eigenvalue weighted by Gasteiger charge is -2.24. The van der Waals surface area contributed by atoms with Crippen LogP contribution in [-0.2, 0) is 0 Å². The van der Waals surface area contributed by atoms with Crippen molar-refractivity contribution in [2.75, 3.05) is 31.6 Å². The Kier molecular flexibility index (Phi) is 5.75. The molecule has 3 rings (SSSR count). The molecule has 1 N–H and O–H groups in total. The summed E-state index contributed by atoms with van der Waals surface area (Å²) in [6.07, 6.45) is 3.10. The molecular weight excluding hydrogens is 318 g/mol. The Labute approximate surface area is 148 Å². The van der Waals surface area contributed by atoms with Crippen LogP contribution in [-0.4, -0.2) is 37.6 Å². The zero-order valence-corrected chi connectivity index (χ0v) is 15.0. The van der Waals surface area contributed by atoms with E-state index in [9.17, 15) is 4.79 Å². The molecule has 1 atom stereocenters. The highest BCUT2D eigenvalue weighted by Gasteiger charge is 2.30. The van der Waals surface area contributed by atoms with E-state index < -0.39 is 0 Å². The van der Waals surface area contributed by atoms with Crippen LogP contribution in [0.5, 0.6) is 0 Å². The van der Waals surface area contributed by atoms with Crippen LogP contribution in [0.4, 0.5) is 10.5 Å². The van der Waals surface area contributed by atoms with Gasteiger partial charge in [-0.2, -0.15) is 0 Å². The summed E-state index contributed by atoms with van der Waals surface area (Å²) in [5.74, 6) is 0. The summed E-state index contributed by atoms with van der Waals surface area (Å²) in [4.78, 5) is 18.0. The molecule has 0 bridgehead atoms. The third-order valence-electron chi connectivity index (χ3n) is 4.53. The Morgan fingerprint density at radius 1 is 1.29 bits per heavy atom. The van der Waals surface area contributed by atoms with Crippen molar-refractivity contribution in [3.8, 4) is 0 Å². The monoisotopic (exact) mass is 343 g/mol. The van der Waals surface area contributed by atoms with Crippen molar-refractivity contribution in [3.63, 3.8) is 0 Å². The van der Waals surface area contributed by atoms with Gasteiger partial charge in [0.2, 0.25) is 0 Å². The number of rotatable bonds is 6. The molecule has 1 aliphatic rings. The standard InChI is InChI=1S/C19H25N3OS/c1-21(16-8-3-2-4-9-16)13-7-12-20-19(23)22-14-5-10-17(22)18-11-6-15-24-18/h2-4,6,8-9,11,15,17H,5,7,10,12-14H2,1H3,(H,20,23). The minimum Gasteiger partial charge on any atom is -0.375 e. The molecule has 24 heavy (non-hydrogen) atoms. The molecule has 1 unspecified atom stereocenters. The Balaban J connectivity index is 1.42. The number of hydrogen-bond acceptors (Lipinski definition) is 3. The van der Waals surface area contributed by atoms with E-state index in [1.54, 1.807) is 11.3 Å². The molecule has 2 amide bonds. The molecule has 2 heterocycles. The van der Waals surface area contributed by atoms with Crippen LogP contribution < -0.4 is 10.2 Å². The molecule has 0 spiro atoms. The van der Waals surface area contributed by atoms with Crippen molar-refractivity contribution in [1.29, 1.82) is 0 Å². The number of hydrogen-bond donors (Lipinski definition) is 1. The van der Waals surface area contributed by atoms with Crippen molar-refractivity contribution < 1.29 is 4.79 Å². The Bertz CT molecular complexity index is 629. The second-order valence-corrected chi connectivity index (χ2v) is 7.19. The quantitative estimate of drug-likeness (QED) is 0.801. The van der Waals surface area contributed by atoms with E-state index >= 15 is 0 Å². The molecule has 1 aromatic heterocycles. The highest BCUT2D eigenvalue weighted by Crippen LogP contribution is 2.34. The second kappa shape index (κ2) is 8.20. The summed E-state index contributed by atoms with van der Waals surface area (Å²) in [7, 11) is 2.09. The SMILES string of the molecule is CN(CCCNC(=O)N1CCCC1c1cccs1)c1ccccc1. The molecule has 1 aliphatic heterocycles. The third-order valence-corrected chi connectivity index (χ3v) is 5.50. The minimum absolute atomic E-state index is 0.0771. The fourth-order valence-corrected chi connectivity index (χ4v) is 4.08. The number of thiophene rings is 1. The molecule has 1 aromatic carbocycles. The van der Waals surface area contributed by atoms with Gasteiger partial charge in [0, 0.05) is 37.2 Å². The first-order valence-corrected chi connectivity index (χ1v) is 9.48. The summed E-state index contributed by atoms with van der Waals surface area (Å²) in [6.45, 7) is 2.50. The maximum absolute atomic E-state index is 12.5. The largest absolute Gasteiger partial charge is 0.375 e. The normalized spacial score (nSPS) is 17.0. The lowest BCUT2D eigenvalue weighted by atomic mass is 10.2. The highest BCUT2D eigenvalue weighted by molar-refractivity contribution is 7.10. The molecule has 1 fully saturated rings. The number of nitrogens with one attached hydrogen (secondary N) is 1. The lowest BCUT2D eigenvalue weighted by molar-refractivity contribution is 0.193. The first kappa shape index (κ1) is 16.8. The van der Waals surface area contributed by atoms with Crippen LogP contribution in [0.1, 0.15) is 30.2 Å². The van der Waals surface area contributed by atoms with E-state index in [4.69, 9.17) is 0 Å². The Morgan fingerprint density at radius 2 is 2.12 bits per heavy atom. The summed E-state index contributed by atoms with van der Waals surface area (Å²) in [5, 5.41) is 5.17. The van der Waals surface area contributed by atoms with Crippen molar-refractivity contribution >= 4 is 23.1 Å². The molecule has 4 nitrogen and oxygen atoms in total. The van der Waals surface area contributed by atoms with Gasteiger partial charge in [-0.15, -0.1) is 11.3 Å².